The third-order valence-corrected chi connectivity index (χ3v) is 3.07. The molecular weight excluding hydrogens is 242 g/mol. The average Bonchev–Trinajstić information content (AvgIpc) is 2.38. The predicted octanol–water partition coefficient (Wildman–Crippen LogP) is 2.32. The Balaban J connectivity index is 1.87. The fourth-order valence-electron chi connectivity index (χ4n) is 1.72. The molecule has 0 unspecified atom stereocenters. The van der Waals surface area contributed by atoms with Crippen LogP contribution in [0.3, 0.4) is 0 Å². The van der Waals surface area contributed by atoms with E-state index < -0.39 is 5.97 Å². The molecule has 0 amide bonds. The molecule has 1 aliphatic rings. The Morgan fingerprint density at radius 2 is 2.29 bits per heavy atom. The number of nitrogens with zero attached hydrogens (tertiary/aromatic N) is 1. The molecule has 17 heavy (non-hydrogen) atoms. The van der Waals surface area contributed by atoms with Crippen molar-refractivity contribution in [2.45, 2.75) is 12.8 Å². The number of carbonyl (C=O) groups is 1. The second kappa shape index (κ2) is 5.98. The second-order valence-electron chi connectivity index (χ2n) is 4.00. The lowest BCUT2D eigenvalue weighted by atomic mass is 10.0. The van der Waals surface area contributed by atoms with Crippen LogP contribution < -0.4 is 0 Å². The van der Waals surface area contributed by atoms with E-state index >= 15 is 0 Å². The van der Waals surface area contributed by atoms with Crippen molar-refractivity contribution in [1.29, 1.82) is 0 Å². The van der Waals surface area contributed by atoms with Crippen molar-refractivity contribution in [3.8, 4) is 0 Å². The van der Waals surface area contributed by atoms with Gasteiger partial charge in [-0.1, -0.05) is 11.6 Å². The fraction of sp³-hybridized carbons (Fsp3) is 0.500. The SMILES string of the molecule is O=C(OCC1CCOCC1)c1cccnc1Cl. The number of carbonyl (C=O) groups excluding carboxylic acids is 1. The number of hydrogen-bond acceptors (Lipinski definition) is 4. The summed E-state index contributed by atoms with van der Waals surface area (Å²) in [5.41, 5.74) is 0.321. The summed E-state index contributed by atoms with van der Waals surface area (Å²) in [5.74, 6) is -0.0160. The van der Waals surface area contributed by atoms with Gasteiger partial charge in [0, 0.05) is 19.4 Å². The molecule has 1 aliphatic heterocycles. The Morgan fingerprint density at radius 1 is 1.53 bits per heavy atom. The molecule has 0 radical (unpaired) electrons. The minimum absolute atomic E-state index is 0.185. The molecule has 1 saturated heterocycles. The van der Waals surface area contributed by atoms with Crippen molar-refractivity contribution in [3.63, 3.8) is 0 Å². The van der Waals surface area contributed by atoms with Crippen molar-refractivity contribution < 1.29 is 14.3 Å². The van der Waals surface area contributed by atoms with Gasteiger partial charge in [0.15, 0.2) is 0 Å². The second-order valence-corrected chi connectivity index (χ2v) is 4.35. The van der Waals surface area contributed by atoms with E-state index in [4.69, 9.17) is 21.1 Å². The Morgan fingerprint density at radius 3 is 3.00 bits per heavy atom. The monoisotopic (exact) mass is 255 g/mol. The van der Waals surface area contributed by atoms with E-state index in [1.807, 2.05) is 0 Å². The zero-order valence-corrected chi connectivity index (χ0v) is 10.2. The predicted molar refractivity (Wildman–Crippen MR) is 63.1 cm³/mol. The van der Waals surface area contributed by atoms with Crippen molar-refractivity contribution in [3.05, 3.63) is 29.0 Å². The van der Waals surface area contributed by atoms with Crippen LogP contribution in [0.25, 0.3) is 0 Å². The molecule has 1 aromatic heterocycles. The third-order valence-electron chi connectivity index (χ3n) is 2.77. The third kappa shape index (κ3) is 3.41. The van der Waals surface area contributed by atoms with Crippen molar-refractivity contribution in [1.82, 2.24) is 4.98 Å². The van der Waals surface area contributed by atoms with E-state index in [-0.39, 0.29) is 5.15 Å². The summed E-state index contributed by atoms with van der Waals surface area (Å²) >= 11 is 5.81. The summed E-state index contributed by atoms with van der Waals surface area (Å²) in [4.78, 5) is 15.6. The van der Waals surface area contributed by atoms with Gasteiger partial charge in [-0.05, 0) is 30.9 Å². The number of rotatable bonds is 3. The molecule has 0 saturated carbocycles. The lowest BCUT2D eigenvalue weighted by molar-refractivity contribution is 0.0185. The van der Waals surface area contributed by atoms with Crippen LogP contribution in [0, 0.1) is 5.92 Å². The van der Waals surface area contributed by atoms with E-state index in [0.29, 0.717) is 18.1 Å². The first-order chi connectivity index (χ1) is 8.27. The molecule has 0 bridgehead atoms. The molecule has 92 valence electrons. The number of pyridine rings is 1. The van der Waals surface area contributed by atoms with Gasteiger partial charge in [0.2, 0.25) is 0 Å². The van der Waals surface area contributed by atoms with Crippen LogP contribution in [0.1, 0.15) is 23.2 Å². The Bertz CT molecular complexity index is 391. The molecule has 0 aromatic carbocycles. The summed E-state index contributed by atoms with van der Waals surface area (Å²) in [6.07, 6.45) is 3.42. The maximum absolute atomic E-state index is 11.7. The minimum atomic E-state index is -0.408. The number of hydrogen-bond donors (Lipinski definition) is 0. The van der Waals surface area contributed by atoms with Gasteiger partial charge in [-0.15, -0.1) is 0 Å². The molecule has 4 nitrogen and oxygen atoms in total. The van der Waals surface area contributed by atoms with Gasteiger partial charge in [0.05, 0.1) is 12.2 Å². The molecule has 0 aliphatic carbocycles. The number of ether oxygens (including phenoxy) is 2. The molecule has 2 rings (SSSR count). The zero-order chi connectivity index (χ0) is 12.1. The van der Waals surface area contributed by atoms with Crippen LogP contribution in [0.15, 0.2) is 18.3 Å². The molecule has 0 atom stereocenters. The van der Waals surface area contributed by atoms with Crippen LogP contribution in [0.4, 0.5) is 0 Å². The van der Waals surface area contributed by atoms with Crippen LogP contribution in [-0.2, 0) is 9.47 Å². The van der Waals surface area contributed by atoms with Crippen LogP contribution in [0.2, 0.25) is 5.15 Å². The molecular formula is C12H14ClNO3. The van der Waals surface area contributed by atoms with E-state index in [2.05, 4.69) is 4.98 Å². The van der Waals surface area contributed by atoms with Crippen molar-refractivity contribution in [2.75, 3.05) is 19.8 Å². The number of halogens is 1. The first-order valence-electron chi connectivity index (χ1n) is 5.63. The molecule has 2 heterocycles. The normalized spacial score (nSPS) is 16.8. The van der Waals surface area contributed by atoms with Gasteiger partial charge < -0.3 is 9.47 Å². The zero-order valence-electron chi connectivity index (χ0n) is 9.39. The summed E-state index contributed by atoms with van der Waals surface area (Å²) in [6.45, 7) is 1.92. The van der Waals surface area contributed by atoms with Gasteiger partial charge >= 0.3 is 5.97 Å². The minimum Gasteiger partial charge on any atom is -0.462 e. The van der Waals surface area contributed by atoms with E-state index in [0.717, 1.165) is 26.1 Å². The average molecular weight is 256 g/mol. The quantitative estimate of drug-likeness (QED) is 0.614. The lowest BCUT2D eigenvalue weighted by Gasteiger charge is -2.21. The first kappa shape index (κ1) is 12.3. The highest BCUT2D eigenvalue weighted by Gasteiger charge is 2.18. The number of esters is 1. The highest BCUT2D eigenvalue weighted by molar-refractivity contribution is 6.32. The number of aromatic nitrogens is 1. The summed E-state index contributed by atoms with van der Waals surface area (Å²) in [5, 5.41) is 0.185. The van der Waals surface area contributed by atoms with Gasteiger partial charge in [-0.3, -0.25) is 0 Å². The summed E-state index contributed by atoms with van der Waals surface area (Å²) < 4.78 is 10.5. The molecule has 1 fully saturated rings. The van der Waals surface area contributed by atoms with Crippen LogP contribution in [-0.4, -0.2) is 30.8 Å². The lowest BCUT2D eigenvalue weighted by Crippen LogP contribution is -2.22. The smallest absolute Gasteiger partial charge is 0.341 e. The van der Waals surface area contributed by atoms with E-state index in [1.54, 1.807) is 12.1 Å². The molecule has 5 heteroatoms. The van der Waals surface area contributed by atoms with Crippen molar-refractivity contribution in [2.24, 2.45) is 5.92 Å². The largest absolute Gasteiger partial charge is 0.462 e. The van der Waals surface area contributed by atoms with Gasteiger partial charge in [0.25, 0.3) is 0 Å². The van der Waals surface area contributed by atoms with E-state index in [1.165, 1.54) is 6.20 Å². The maximum Gasteiger partial charge on any atom is 0.341 e. The van der Waals surface area contributed by atoms with Crippen LogP contribution >= 0.6 is 11.6 Å². The molecule has 1 aromatic rings. The summed E-state index contributed by atoms with van der Waals surface area (Å²) in [7, 11) is 0. The maximum atomic E-state index is 11.7. The Kier molecular flexibility index (Phi) is 4.34. The molecule has 0 spiro atoms. The van der Waals surface area contributed by atoms with E-state index in [9.17, 15) is 4.79 Å². The highest BCUT2D eigenvalue weighted by Crippen LogP contribution is 2.17. The Hall–Kier alpha value is -1.13. The van der Waals surface area contributed by atoms with Gasteiger partial charge in [-0.25, -0.2) is 9.78 Å². The summed E-state index contributed by atoms with van der Waals surface area (Å²) in [6, 6.07) is 3.28. The highest BCUT2D eigenvalue weighted by atomic mass is 35.5. The standard InChI is InChI=1S/C12H14ClNO3/c13-11-10(2-1-5-14-11)12(15)17-8-9-3-6-16-7-4-9/h1-2,5,9H,3-4,6-8H2. The van der Waals surface area contributed by atoms with Gasteiger partial charge in [-0.2, -0.15) is 0 Å². The fourth-order valence-corrected chi connectivity index (χ4v) is 1.92. The Labute approximate surface area is 105 Å². The van der Waals surface area contributed by atoms with Crippen molar-refractivity contribution >= 4 is 17.6 Å². The van der Waals surface area contributed by atoms with Crippen LogP contribution in [0.5, 0.6) is 0 Å². The molecule has 0 N–H and O–H groups in total. The first-order valence-corrected chi connectivity index (χ1v) is 6.00. The topological polar surface area (TPSA) is 48.4 Å². The van der Waals surface area contributed by atoms with Gasteiger partial charge in [0.1, 0.15) is 5.15 Å².